The average molecular weight is 1030 g/mol. The maximum absolute atomic E-state index is 9.75. The first kappa shape index (κ1) is 49.5. The molecule has 6 aromatic carbocycles. The van der Waals surface area contributed by atoms with Crippen LogP contribution in [0.25, 0.3) is 45.5 Å². The molecule has 0 N–H and O–H groups in total. The first-order valence-corrected chi connectivity index (χ1v) is 37.2. The molecule has 0 saturated heterocycles. The van der Waals surface area contributed by atoms with Crippen LogP contribution in [-0.2, 0) is 27.2 Å². The molecule has 0 saturated carbocycles. The monoisotopic (exact) mass is 1030 g/mol. The Bertz CT molecular complexity index is 2920. The molecule has 0 nitrogen and oxygen atoms in total. The van der Waals surface area contributed by atoms with Gasteiger partial charge in [-0.3, -0.25) is 0 Å². The second kappa shape index (κ2) is 16.8. The van der Waals surface area contributed by atoms with Crippen LogP contribution in [-0.4, -0.2) is 9.52 Å². The van der Waals surface area contributed by atoms with Gasteiger partial charge in [0.1, 0.15) is 0 Å². The van der Waals surface area contributed by atoms with E-state index in [2.05, 4.69) is 238 Å². The van der Waals surface area contributed by atoms with Crippen LogP contribution >= 0.6 is 17.0 Å². The fourth-order valence-corrected chi connectivity index (χ4v) is 41.0. The summed E-state index contributed by atoms with van der Waals surface area (Å²) in [5.74, 6) is 0.703. The molecule has 9 rings (SSSR count). The summed E-state index contributed by atoms with van der Waals surface area (Å²) < 4.78 is 0.880. The number of allylic oxidation sites excluding steroid dienone is 2. The van der Waals surface area contributed by atoms with Crippen molar-refractivity contribution in [2.24, 2.45) is 10.8 Å². The van der Waals surface area contributed by atoms with Crippen molar-refractivity contribution in [1.29, 1.82) is 0 Å². The number of fused-ring (bicyclic) bond motifs is 5. The zero-order chi connectivity index (χ0) is 49.3. The van der Waals surface area contributed by atoms with E-state index in [9.17, 15) is 17.0 Å². The van der Waals surface area contributed by atoms with Gasteiger partial charge in [0, 0.05) is 0 Å². The van der Waals surface area contributed by atoms with Crippen LogP contribution in [0.2, 0.25) is 0 Å². The normalized spacial score (nSPS) is 18.0. The molecule has 1 aliphatic heterocycles. The van der Waals surface area contributed by atoms with E-state index in [0.717, 1.165) is 0 Å². The van der Waals surface area contributed by atoms with E-state index in [-0.39, 0.29) is 28.9 Å². The van der Waals surface area contributed by atoms with E-state index >= 15 is 0 Å². The molecule has 0 radical (unpaired) electrons. The quantitative estimate of drug-likeness (QED) is 0.140. The van der Waals surface area contributed by atoms with Gasteiger partial charge in [-0.25, -0.2) is 0 Å². The summed E-state index contributed by atoms with van der Waals surface area (Å²) in [4.78, 5) is 0. The third-order valence-corrected chi connectivity index (χ3v) is 38.4. The number of hydrogen-bond acceptors (Lipinski definition) is 0. The van der Waals surface area contributed by atoms with Gasteiger partial charge in [-0.2, -0.15) is 0 Å². The molecule has 0 aromatic heterocycles. The molecule has 68 heavy (non-hydrogen) atoms. The summed E-state index contributed by atoms with van der Waals surface area (Å²) in [6, 6.07) is 44.4. The van der Waals surface area contributed by atoms with Gasteiger partial charge in [0.25, 0.3) is 0 Å². The Labute approximate surface area is 421 Å². The first-order valence-electron chi connectivity index (χ1n) is 25.4. The summed E-state index contributed by atoms with van der Waals surface area (Å²) in [7, 11) is 18.6. The second-order valence-corrected chi connectivity index (χ2v) is 47.8. The molecule has 2 unspecified atom stereocenters. The molecule has 0 bridgehead atoms. The van der Waals surface area contributed by atoms with Crippen LogP contribution in [0.3, 0.4) is 0 Å². The van der Waals surface area contributed by atoms with Gasteiger partial charge in [-0.15, -0.1) is 0 Å². The van der Waals surface area contributed by atoms with Gasteiger partial charge in [-0.1, -0.05) is 0 Å². The minimum absolute atomic E-state index is 0.111. The van der Waals surface area contributed by atoms with Crippen molar-refractivity contribution in [2.45, 2.75) is 141 Å². The van der Waals surface area contributed by atoms with Gasteiger partial charge in [0.05, 0.1) is 0 Å². The summed E-state index contributed by atoms with van der Waals surface area (Å²) in [6.07, 6.45) is 5.19. The molecule has 1 heterocycles. The van der Waals surface area contributed by atoms with Crippen LogP contribution in [0.15, 0.2) is 126 Å². The van der Waals surface area contributed by atoms with Crippen LogP contribution in [0.4, 0.5) is 0 Å². The van der Waals surface area contributed by atoms with E-state index in [1.165, 1.54) is 103 Å². The molecule has 0 spiro atoms. The van der Waals surface area contributed by atoms with Crippen molar-refractivity contribution < 1.29 is 16.4 Å². The number of hydrogen-bond donors (Lipinski definition) is 0. The Hall–Kier alpha value is -3.52. The van der Waals surface area contributed by atoms with Crippen molar-refractivity contribution in [2.75, 3.05) is 0 Å². The van der Waals surface area contributed by atoms with Crippen LogP contribution in [0, 0.1) is 10.8 Å². The zero-order valence-electron chi connectivity index (χ0n) is 43.9. The van der Waals surface area contributed by atoms with Crippen LogP contribution in [0.5, 0.6) is 0 Å². The number of halogens is 2. The third kappa shape index (κ3) is 7.85. The fraction of sp³-hybridized carbons (Fsp3) is 0.375. The summed E-state index contributed by atoms with van der Waals surface area (Å²) in [6.45, 7) is 38.0. The predicted octanol–water partition coefficient (Wildman–Crippen LogP) is 17.0. The second-order valence-electron chi connectivity index (χ2n) is 25.3. The zero-order valence-corrected chi connectivity index (χ0v) is 49.3. The van der Waals surface area contributed by atoms with E-state index in [1.807, 2.05) is 0 Å². The SMILES string of the molecule is CC(C)c1ccccc1-c1c(C(C)(C)C)ccc2c1C=C(C(C)(C)C)[CH]2[Zr]([Cl])([Cl])([c]1cccc2c1[SiH2]c1ccccc1-2)[CH]1C(C(C)(C)C)=Cc2c1ccc(C(C)(C)C)c2-c1ccccc1C(C)C. The topological polar surface area (TPSA) is 0 Å². The number of rotatable bonds is 7. The Morgan fingerprint density at radius 3 is 1.25 bits per heavy atom. The van der Waals surface area contributed by atoms with Gasteiger partial charge in [-0.05, 0) is 0 Å². The average Bonchev–Trinajstić information content (AvgIpc) is 3.98. The standard InChI is InChI=1S/2C26H33.C12H9Si.2ClH.Zr/c2*1-17(2)20-11-9-10-12-21(20)24-22-16-19(25(3,4)5)15-18(22)13-14-23(24)26(6,7)8;1-3-7-11-9(5-1)10-6-2-4-8-12(10)13-11;;;/h2*9-17H,1-8H3;1-7H,13H2;2*1H;/q;;;;;+2/p-2. The van der Waals surface area contributed by atoms with Crippen molar-refractivity contribution >= 4 is 52.3 Å². The van der Waals surface area contributed by atoms with Crippen LogP contribution in [0.1, 0.15) is 174 Å². The van der Waals surface area contributed by atoms with Gasteiger partial charge < -0.3 is 0 Å². The van der Waals surface area contributed by atoms with Crippen molar-refractivity contribution in [3.05, 3.63) is 171 Å². The number of benzene rings is 6. The molecular formula is C64H75Cl2SiZr. The summed E-state index contributed by atoms with van der Waals surface area (Å²) >= 11 is -5.96. The Balaban J connectivity index is 1.47. The molecule has 6 aromatic rings. The third-order valence-electron chi connectivity index (χ3n) is 15.9. The van der Waals surface area contributed by atoms with Gasteiger partial charge in [0.2, 0.25) is 0 Å². The summed E-state index contributed by atoms with van der Waals surface area (Å²) in [5.41, 5.74) is 20.7. The molecule has 2 atom stereocenters. The molecule has 2 aliphatic carbocycles. The van der Waals surface area contributed by atoms with Gasteiger partial charge in [0.15, 0.2) is 0 Å². The van der Waals surface area contributed by atoms with Crippen LogP contribution < -0.4 is 13.6 Å². The molecule has 353 valence electrons. The molecule has 0 fully saturated rings. The fourth-order valence-electron chi connectivity index (χ4n) is 12.7. The predicted molar refractivity (Wildman–Crippen MR) is 301 cm³/mol. The van der Waals surface area contributed by atoms with Crippen molar-refractivity contribution in [3.8, 4) is 33.4 Å². The van der Waals surface area contributed by atoms with Crippen molar-refractivity contribution in [1.82, 2.24) is 0 Å². The first-order chi connectivity index (χ1) is 31.6. The Morgan fingerprint density at radius 2 is 0.838 bits per heavy atom. The Kier molecular flexibility index (Phi) is 12.2. The maximum atomic E-state index is 9.75. The van der Waals surface area contributed by atoms with Gasteiger partial charge >= 0.3 is 425 Å². The molecule has 0 amide bonds. The van der Waals surface area contributed by atoms with E-state index < -0.39 is 25.9 Å². The minimum atomic E-state index is -5.96. The molecular weight excluding hydrogens is 959 g/mol. The van der Waals surface area contributed by atoms with E-state index in [0.29, 0.717) is 11.8 Å². The Morgan fingerprint density at radius 1 is 0.441 bits per heavy atom. The van der Waals surface area contributed by atoms with E-state index in [1.54, 1.807) is 0 Å². The molecule has 3 aliphatic rings. The van der Waals surface area contributed by atoms with Crippen molar-refractivity contribution in [3.63, 3.8) is 0 Å². The summed E-state index contributed by atoms with van der Waals surface area (Å²) in [5, 5.41) is 2.95. The van der Waals surface area contributed by atoms with E-state index in [4.69, 9.17) is 0 Å². The molecule has 4 heteroatoms.